The minimum absolute atomic E-state index is 0.478. The first kappa shape index (κ1) is 16.0. The summed E-state index contributed by atoms with van der Waals surface area (Å²) >= 11 is 0. The Labute approximate surface area is 114 Å². The number of ether oxygens (including phenoxy) is 1. The van der Waals surface area contributed by atoms with Crippen LogP contribution in [0, 0.1) is 16.7 Å². The molecule has 1 aliphatic carbocycles. The largest absolute Gasteiger partial charge is 0.382 e. The van der Waals surface area contributed by atoms with Crippen molar-refractivity contribution in [2.45, 2.75) is 59.8 Å². The van der Waals surface area contributed by atoms with Crippen LogP contribution >= 0.6 is 0 Å². The summed E-state index contributed by atoms with van der Waals surface area (Å²) in [5.74, 6) is 0.898. The number of hydrogen-bond donors (Lipinski definition) is 1. The van der Waals surface area contributed by atoms with Crippen molar-refractivity contribution >= 4 is 0 Å². The third kappa shape index (κ3) is 4.55. The van der Waals surface area contributed by atoms with Gasteiger partial charge in [0.2, 0.25) is 0 Å². The molecule has 0 aromatic carbocycles. The van der Waals surface area contributed by atoms with Crippen LogP contribution in [0.4, 0.5) is 0 Å². The first-order valence-electron chi connectivity index (χ1n) is 7.66. The Morgan fingerprint density at radius 1 is 1.22 bits per heavy atom. The van der Waals surface area contributed by atoms with Crippen molar-refractivity contribution in [1.82, 2.24) is 5.32 Å². The van der Waals surface area contributed by atoms with Gasteiger partial charge in [0, 0.05) is 19.8 Å². The van der Waals surface area contributed by atoms with Crippen LogP contribution in [0.3, 0.4) is 0 Å². The lowest BCUT2D eigenvalue weighted by atomic mass is 9.63. The Hall–Kier alpha value is -0.0800. The Bertz CT molecular complexity index is 224. The molecule has 0 bridgehead atoms. The molecule has 1 rings (SSSR count). The predicted octanol–water partition coefficient (Wildman–Crippen LogP) is 3.86. The van der Waals surface area contributed by atoms with Crippen molar-refractivity contribution in [3.8, 4) is 0 Å². The number of nitrogens with one attached hydrogen (secondary N) is 1. The van der Waals surface area contributed by atoms with E-state index in [-0.39, 0.29) is 0 Å². The SMILES string of the molecule is CCOCCC1(CNC)CCC(C(C)(C)C)CC1. The summed E-state index contributed by atoms with van der Waals surface area (Å²) in [5, 5.41) is 3.40. The topological polar surface area (TPSA) is 21.3 Å². The molecule has 18 heavy (non-hydrogen) atoms. The lowest BCUT2D eigenvalue weighted by Gasteiger charge is -2.44. The summed E-state index contributed by atoms with van der Waals surface area (Å²) in [6, 6.07) is 0. The zero-order chi connectivity index (χ0) is 13.6. The van der Waals surface area contributed by atoms with Crippen LogP contribution in [0.5, 0.6) is 0 Å². The molecule has 0 radical (unpaired) electrons. The van der Waals surface area contributed by atoms with Crippen LogP contribution in [0.15, 0.2) is 0 Å². The Morgan fingerprint density at radius 3 is 2.28 bits per heavy atom. The zero-order valence-electron chi connectivity index (χ0n) is 13.1. The summed E-state index contributed by atoms with van der Waals surface area (Å²) < 4.78 is 5.57. The highest BCUT2D eigenvalue weighted by Gasteiger charge is 2.37. The second kappa shape index (κ2) is 6.91. The smallest absolute Gasteiger partial charge is 0.0471 e. The molecule has 0 aromatic rings. The van der Waals surface area contributed by atoms with Gasteiger partial charge in [0.05, 0.1) is 0 Å². The quantitative estimate of drug-likeness (QED) is 0.728. The van der Waals surface area contributed by atoms with Crippen LogP contribution in [0.25, 0.3) is 0 Å². The van der Waals surface area contributed by atoms with E-state index in [1.54, 1.807) is 0 Å². The average molecular weight is 255 g/mol. The maximum absolute atomic E-state index is 5.57. The molecule has 0 unspecified atom stereocenters. The van der Waals surface area contributed by atoms with E-state index >= 15 is 0 Å². The molecule has 2 heteroatoms. The van der Waals surface area contributed by atoms with E-state index < -0.39 is 0 Å². The van der Waals surface area contributed by atoms with Gasteiger partial charge in [-0.2, -0.15) is 0 Å². The van der Waals surface area contributed by atoms with Gasteiger partial charge in [0.25, 0.3) is 0 Å². The molecule has 0 atom stereocenters. The summed E-state index contributed by atoms with van der Waals surface area (Å²) in [7, 11) is 2.08. The molecular formula is C16H33NO. The molecule has 0 aromatic heterocycles. The summed E-state index contributed by atoms with van der Waals surface area (Å²) in [6.45, 7) is 12.2. The lowest BCUT2D eigenvalue weighted by molar-refractivity contribution is 0.0466. The van der Waals surface area contributed by atoms with Crippen molar-refractivity contribution in [2.24, 2.45) is 16.7 Å². The molecule has 0 spiro atoms. The highest BCUT2D eigenvalue weighted by atomic mass is 16.5. The predicted molar refractivity (Wildman–Crippen MR) is 78.9 cm³/mol. The molecule has 0 heterocycles. The fourth-order valence-electron chi connectivity index (χ4n) is 3.42. The summed E-state index contributed by atoms with van der Waals surface area (Å²) in [6.07, 6.45) is 6.72. The summed E-state index contributed by atoms with van der Waals surface area (Å²) in [5.41, 5.74) is 0.970. The van der Waals surface area contributed by atoms with Crippen molar-refractivity contribution in [1.29, 1.82) is 0 Å². The Morgan fingerprint density at radius 2 is 1.83 bits per heavy atom. The third-order valence-electron chi connectivity index (χ3n) is 4.80. The molecule has 108 valence electrons. The Kier molecular flexibility index (Phi) is 6.13. The maximum atomic E-state index is 5.57. The number of rotatable bonds is 6. The van der Waals surface area contributed by atoms with Gasteiger partial charge in [-0.15, -0.1) is 0 Å². The van der Waals surface area contributed by atoms with Gasteiger partial charge in [0.1, 0.15) is 0 Å². The average Bonchev–Trinajstić information content (AvgIpc) is 2.29. The van der Waals surface area contributed by atoms with Gasteiger partial charge >= 0.3 is 0 Å². The third-order valence-corrected chi connectivity index (χ3v) is 4.80. The highest BCUT2D eigenvalue weighted by Crippen LogP contribution is 2.46. The fourth-order valence-corrected chi connectivity index (χ4v) is 3.42. The van der Waals surface area contributed by atoms with E-state index in [1.165, 1.54) is 32.1 Å². The Balaban J connectivity index is 2.51. The fraction of sp³-hybridized carbons (Fsp3) is 1.00. The van der Waals surface area contributed by atoms with Gasteiger partial charge in [-0.25, -0.2) is 0 Å². The van der Waals surface area contributed by atoms with E-state index in [0.29, 0.717) is 10.8 Å². The van der Waals surface area contributed by atoms with Crippen LogP contribution in [-0.2, 0) is 4.74 Å². The monoisotopic (exact) mass is 255 g/mol. The molecule has 1 aliphatic rings. The van der Waals surface area contributed by atoms with Gasteiger partial charge in [-0.05, 0) is 62.8 Å². The van der Waals surface area contributed by atoms with E-state index in [9.17, 15) is 0 Å². The van der Waals surface area contributed by atoms with E-state index in [0.717, 1.165) is 25.7 Å². The summed E-state index contributed by atoms with van der Waals surface area (Å²) in [4.78, 5) is 0. The normalized spacial score (nSPS) is 29.5. The van der Waals surface area contributed by atoms with Crippen molar-refractivity contribution in [3.05, 3.63) is 0 Å². The number of hydrogen-bond acceptors (Lipinski definition) is 2. The van der Waals surface area contributed by atoms with Crippen molar-refractivity contribution in [3.63, 3.8) is 0 Å². The molecule has 1 fully saturated rings. The van der Waals surface area contributed by atoms with Gasteiger partial charge < -0.3 is 10.1 Å². The van der Waals surface area contributed by atoms with Crippen LogP contribution in [0.2, 0.25) is 0 Å². The first-order chi connectivity index (χ1) is 8.43. The lowest BCUT2D eigenvalue weighted by Crippen LogP contribution is -2.39. The van der Waals surface area contributed by atoms with Crippen molar-refractivity contribution in [2.75, 3.05) is 26.8 Å². The van der Waals surface area contributed by atoms with Gasteiger partial charge in [-0.3, -0.25) is 0 Å². The molecule has 1 N–H and O–H groups in total. The second-order valence-corrected chi connectivity index (χ2v) is 7.12. The minimum Gasteiger partial charge on any atom is -0.382 e. The van der Waals surface area contributed by atoms with Crippen molar-refractivity contribution < 1.29 is 4.74 Å². The molecule has 1 saturated carbocycles. The molecule has 0 amide bonds. The minimum atomic E-state index is 0.478. The van der Waals surface area contributed by atoms with Crippen LogP contribution in [-0.4, -0.2) is 26.8 Å². The molecule has 0 saturated heterocycles. The molecule has 0 aliphatic heterocycles. The second-order valence-electron chi connectivity index (χ2n) is 7.12. The molecular weight excluding hydrogens is 222 g/mol. The van der Waals surface area contributed by atoms with Gasteiger partial charge in [-0.1, -0.05) is 20.8 Å². The zero-order valence-corrected chi connectivity index (χ0v) is 13.1. The first-order valence-corrected chi connectivity index (χ1v) is 7.66. The maximum Gasteiger partial charge on any atom is 0.0471 e. The van der Waals surface area contributed by atoms with E-state index in [1.807, 2.05) is 0 Å². The standard InChI is InChI=1S/C16H33NO/c1-6-18-12-11-16(13-17-5)9-7-14(8-10-16)15(2,3)4/h14,17H,6-13H2,1-5H3. The highest BCUT2D eigenvalue weighted by molar-refractivity contribution is 4.90. The van der Waals surface area contributed by atoms with E-state index in [2.05, 4.69) is 40.1 Å². The van der Waals surface area contributed by atoms with Crippen LogP contribution in [0.1, 0.15) is 59.8 Å². The van der Waals surface area contributed by atoms with Crippen LogP contribution < -0.4 is 5.32 Å². The van der Waals surface area contributed by atoms with E-state index in [4.69, 9.17) is 4.74 Å². The molecule has 2 nitrogen and oxygen atoms in total. The van der Waals surface area contributed by atoms with Gasteiger partial charge in [0.15, 0.2) is 0 Å².